The molecule has 0 radical (unpaired) electrons. The van der Waals surface area contributed by atoms with Gasteiger partial charge in [0.2, 0.25) is 0 Å². The summed E-state index contributed by atoms with van der Waals surface area (Å²) in [5.41, 5.74) is 4.60. The second-order valence-corrected chi connectivity index (χ2v) is 5.23. The van der Waals surface area contributed by atoms with Gasteiger partial charge in [-0.3, -0.25) is 4.79 Å². The summed E-state index contributed by atoms with van der Waals surface area (Å²) in [6.45, 7) is 0.890. The maximum atomic E-state index is 11.8. The number of anilines is 2. The van der Waals surface area contributed by atoms with Crippen molar-refractivity contribution in [1.29, 1.82) is 0 Å². The fraction of sp³-hybridized carbons (Fsp3) is 0.333. The molecule has 20 heavy (non-hydrogen) atoms. The molecule has 0 amide bonds. The smallest absolute Gasteiger partial charge is 0.269 e. The Labute approximate surface area is 117 Å². The first-order valence-corrected chi connectivity index (χ1v) is 6.80. The van der Waals surface area contributed by atoms with Crippen LogP contribution in [0.3, 0.4) is 0 Å². The van der Waals surface area contributed by atoms with E-state index in [1.54, 1.807) is 0 Å². The molecule has 0 saturated carbocycles. The summed E-state index contributed by atoms with van der Waals surface area (Å²) in [6.07, 6.45) is 1.79. The van der Waals surface area contributed by atoms with Crippen molar-refractivity contribution in [2.45, 2.75) is 12.8 Å². The van der Waals surface area contributed by atoms with Crippen molar-refractivity contribution < 1.29 is 0 Å². The van der Waals surface area contributed by atoms with Gasteiger partial charge in [-0.2, -0.15) is 5.10 Å². The molecule has 0 spiro atoms. The van der Waals surface area contributed by atoms with E-state index in [9.17, 15) is 4.79 Å². The van der Waals surface area contributed by atoms with Crippen molar-refractivity contribution >= 4 is 11.4 Å². The molecule has 1 aliphatic heterocycles. The predicted molar refractivity (Wildman–Crippen MR) is 81.4 cm³/mol. The van der Waals surface area contributed by atoms with Crippen LogP contribution in [0.25, 0.3) is 11.3 Å². The van der Waals surface area contributed by atoms with Gasteiger partial charge in [0.25, 0.3) is 5.56 Å². The van der Waals surface area contributed by atoms with E-state index in [0.29, 0.717) is 0 Å². The maximum absolute atomic E-state index is 11.8. The van der Waals surface area contributed by atoms with Crippen molar-refractivity contribution in [2.75, 3.05) is 30.9 Å². The molecule has 0 atom stereocenters. The summed E-state index contributed by atoms with van der Waals surface area (Å²) in [7, 11) is 4.02. The number of nitrogens with one attached hydrogen (secondary N) is 2. The molecule has 3 rings (SSSR count). The van der Waals surface area contributed by atoms with Crippen molar-refractivity contribution in [3.05, 3.63) is 40.2 Å². The van der Waals surface area contributed by atoms with Gasteiger partial charge in [-0.15, -0.1) is 0 Å². The molecular formula is C15H18N4O. The van der Waals surface area contributed by atoms with Crippen molar-refractivity contribution in [1.82, 2.24) is 10.2 Å². The molecule has 1 aliphatic rings. The lowest BCUT2D eigenvalue weighted by atomic mass is 10.0. The number of hydrogen-bond acceptors (Lipinski definition) is 4. The van der Waals surface area contributed by atoms with Crippen LogP contribution in [0, 0.1) is 0 Å². The molecular weight excluding hydrogens is 252 g/mol. The van der Waals surface area contributed by atoms with Crippen LogP contribution in [0.2, 0.25) is 0 Å². The first-order chi connectivity index (χ1) is 9.66. The predicted octanol–water partition coefficient (Wildman–Crippen LogP) is 1.86. The zero-order valence-corrected chi connectivity index (χ0v) is 11.7. The van der Waals surface area contributed by atoms with Crippen molar-refractivity contribution in [3.8, 4) is 11.3 Å². The third kappa shape index (κ3) is 2.15. The van der Waals surface area contributed by atoms with Gasteiger partial charge in [0, 0.05) is 37.5 Å². The minimum absolute atomic E-state index is 0.0825. The SMILES string of the molecule is CN(C)c1ccc(-c2n[nH]c(=O)c3c2NCCC3)cc1. The van der Waals surface area contributed by atoms with Gasteiger partial charge in [-0.05, 0) is 25.0 Å². The molecule has 0 bridgehead atoms. The van der Waals surface area contributed by atoms with Crippen molar-refractivity contribution in [2.24, 2.45) is 0 Å². The second kappa shape index (κ2) is 5.00. The molecule has 2 aromatic rings. The Morgan fingerprint density at radius 3 is 2.65 bits per heavy atom. The van der Waals surface area contributed by atoms with E-state index in [1.165, 1.54) is 0 Å². The zero-order chi connectivity index (χ0) is 14.1. The molecule has 5 nitrogen and oxygen atoms in total. The third-order valence-electron chi connectivity index (χ3n) is 3.64. The molecule has 1 aromatic carbocycles. The van der Waals surface area contributed by atoms with E-state index >= 15 is 0 Å². The van der Waals surface area contributed by atoms with Gasteiger partial charge >= 0.3 is 0 Å². The van der Waals surface area contributed by atoms with E-state index in [0.717, 1.165) is 47.6 Å². The molecule has 104 valence electrons. The Hall–Kier alpha value is -2.30. The molecule has 5 heteroatoms. The van der Waals surface area contributed by atoms with Gasteiger partial charge in [0.05, 0.1) is 5.69 Å². The van der Waals surface area contributed by atoms with Crippen LogP contribution in [0.15, 0.2) is 29.1 Å². The van der Waals surface area contributed by atoms with Crippen LogP contribution < -0.4 is 15.8 Å². The molecule has 2 N–H and O–H groups in total. The Morgan fingerprint density at radius 1 is 1.20 bits per heavy atom. The summed E-state index contributed by atoms with van der Waals surface area (Å²) < 4.78 is 0. The largest absolute Gasteiger partial charge is 0.383 e. The standard InChI is InChI=1S/C15H18N4O/c1-19(2)11-7-5-10(6-8-11)13-14-12(4-3-9-16-14)15(20)18-17-13/h5-8,16H,3-4,9H2,1-2H3,(H,18,20). The zero-order valence-electron chi connectivity index (χ0n) is 11.7. The van der Waals surface area contributed by atoms with Crippen LogP contribution in [-0.2, 0) is 6.42 Å². The molecule has 0 saturated heterocycles. The molecule has 2 heterocycles. The number of hydrogen-bond donors (Lipinski definition) is 2. The number of fused-ring (bicyclic) bond motifs is 1. The first kappa shape index (κ1) is 12.7. The van der Waals surface area contributed by atoms with Crippen molar-refractivity contribution in [3.63, 3.8) is 0 Å². The van der Waals surface area contributed by atoms with Crippen LogP contribution in [0.5, 0.6) is 0 Å². The molecule has 0 fully saturated rings. The molecule has 0 aliphatic carbocycles. The quantitative estimate of drug-likeness (QED) is 0.874. The van der Waals surface area contributed by atoms with Gasteiger partial charge in [-0.25, -0.2) is 5.10 Å². The summed E-state index contributed by atoms with van der Waals surface area (Å²) in [5, 5.41) is 10.1. The Balaban J connectivity index is 2.08. The Kier molecular flexibility index (Phi) is 3.18. The van der Waals surface area contributed by atoms with E-state index < -0.39 is 0 Å². The number of nitrogens with zero attached hydrogens (tertiary/aromatic N) is 2. The second-order valence-electron chi connectivity index (χ2n) is 5.23. The van der Waals surface area contributed by atoms with Gasteiger partial charge in [-0.1, -0.05) is 12.1 Å². The van der Waals surface area contributed by atoms with E-state index in [1.807, 2.05) is 26.2 Å². The van der Waals surface area contributed by atoms with Gasteiger partial charge in [0.15, 0.2) is 0 Å². The third-order valence-corrected chi connectivity index (χ3v) is 3.64. The van der Waals surface area contributed by atoms with E-state index in [4.69, 9.17) is 0 Å². The highest BCUT2D eigenvalue weighted by Gasteiger charge is 2.18. The highest BCUT2D eigenvalue weighted by Crippen LogP contribution is 2.30. The summed E-state index contributed by atoms with van der Waals surface area (Å²) >= 11 is 0. The molecule has 0 unspecified atom stereocenters. The van der Waals surface area contributed by atoms with Crippen LogP contribution in [0.1, 0.15) is 12.0 Å². The first-order valence-electron chi connectivity index (χ1n) is 6.80. The maximum Gasteiger partial charge on any atom is 0.269 e. The highest BCUT2D eigenvalue weighted by atomic mass is 16.1. The number of rotatable bonds is 2. The van der Waals surface area contributed by atoms with Gasteiger partial charge in [0.1, 0.15) is 5.69 Å². The molecule has 1 aromatic heterocycles. The average Bonchev–Trinajstić information content (AvgIpc) is 2.48. The Bertz CT molecular complexity index is 673. The summed E-state index contributed by atoms with van der Waals surface area (Å²) in [6, 6.07) is 8.17. The monoisotopic (exact) mass is 270 g/mol. The average molecular weight is 270 g/mol. The minimum Gasteiger partial charge on any atom is -0.383 e. The van der Waals surface area contributed by atoms with E-state index in [2.05, 4.69) is 32.5 Å². The number of benzene rings is 1. The highest BCUT2D eigenvalue weighted by molar-refractivity contribution is 5.77. The fourth-order valence-corrected chi connectivity index (χ4v) is 2.52. The van der Waals surface area contributed by atoms with Crippen LogP contribution in [-0.4, -0.2) is 30.8 Å². The lowest BCUT2D eigenvalue weighted by Gasteiger charge is -2.19. The van der Waals surface area contributed by atoms with E-state index in [-0.39, 0.29) is 5.56 Å². The summed E-state index contributed by atoms with van der Waals surface area (Å²) in [5.74, 6) is 0. The van der Waals surface area contributed by atoms with Gasteiger partial charge < -0.3 is 10.2 Å². The lowest BCUT2D eigenvalue weighted by Crippen LogP contribution is -2.24. The normalized spacial score (nSPS) is 13.5. The summed E-state index contributed by atoms with van der Waals surface area (Å²) in [4.78, 5) is 13.9. The van der Waals surface area contributed by atoms with Crippen LogP contribution in [0.4, 0.5) is 11.4 Å². The van der Waals surface area contributed by atoms with Crippen LogP contribution >= 0.6 is 0 Å². The Morgan fingerprint density at radius 2 is 1.95 bits per heavy atom. The fourth-order valence-electron chi connectivity index (χ4n) is 2.52. The number of aromatic nitrogens is 2. The number of H-pyrrole nitrogens is 1. The lowest BCUT2D eigenvalue weighted by molar-refractivity contribution is 0.799. The number of aromatic amines is 1. The topological polar surface area (TPSA) is 61.0 Å². The minimum atomic E-state index is -0.0825.